The lowest BCUT2D eigenvalue weighted by atomic mass is 9.76. The number of carbonyl (C=O) groups excluding carboxylic acids is 1. The number of hydrogen-bond donors (Lipinski definition) is 1. The highest BCUT2D eigenvalue weighted by Crippen LogP contribution is 2.37. The van der Waals surface area contributed by atoms with Crippen molar-refractivity contribution < 1.29 is 26.7 Å². The summed E-state index contributed by atoms with van der Waals surface area (Å²) in [7, 11) is 0. The minimum Gasteiger partial charge on any atom is -0.342 e. The van der Waals surface area contributed by atoms with E-state index in [9.17, 15) is 26.7 Å². The molecule has 1 N–H and O–H groups in total. The standard InChI is InChI=1S/C31H34F5NO/c1-4-25(5-2)28(38)37-30(20-22-11-7-6-8-12-22,26-15-9-13-23(17-26)19-29(3,32)33)27-16-10-14-24(18-27)21-31(34,35)36/h6-18,25H,4-5,19-21H2,1-3H3,(H,37,38). The smallest absolute Gasteiger partial charge is 0.342 e. The lowest BCUT2D eigenvalue weighted by Crippen LogP contribution is -2.50. The summed E-state index contributed by atoms with van der Waals surface area (Å²) in [5.41, 5.74) is 0.970. The Morgan fingerprint density at radius 3 is 1.68 bits per heavy atom. The van der Waals surface area contributed by atoms with Gasteiger partial charge in [-0.2, -0.15) is 13.2 Å². The van der Waals surface area contributed by atoms with Gasteiger partial charge < -0.3 is 5.32 Å². The summed E-state index contributed by atoms with van der Waals surface area (Å²) in [5, 5.41) is 3.19. The van der Waals surface area contributed by atoms with Crippen LogP contribution >= 0.6 is 0 Å². The number of halogens is 5. The monoisotopic (exact) mass is 531 g/mol. The molecule has 0 aromatic heterocycles. The molecule has 0 saturated carbocycles. The summed E-state index contributed by atoms with van der Waals surface area (Å²) in [5.74, 6) is -3.50. The molecule has 0 saturated heterocycles. The summed E-state index contributed by atoms with van der Waals surface area (Å²) in [6, 6.07) is 22.0. The van der Waals surface area contributed by atoms with Crippen molar-refractivity contribution in [3.63, 3.8) is 0 Å². The summed E-state index contributed by atoms with van der Waals surface area (Å²) < 4.78 is 67.8. The van der Waals surface area contributed by atoms with Gasteiger partial charge in [0.25, 0.3) is 0 Å². The zero-order chi connectivity index (χ0) is 28.0. The van der Waals surface area contributed by atoms with Gasteiger partial charge in [0.1, 0.15) is 0 Å². The second kappa shape index (κ2) is 12.1. The van der Waals surface area contributed by atoms with Crippen LogP contribution in [-0.2, 0) is 29.6 Å². The Morgan fingerprint density at radius 2 is 1.21 bits per heavy atom. The van der Waals surface area contributed by atoms with Crippen LogP contribution in [0.2, 0.25) is 0 Å². The highest BCUT2D eigenvalue weighted by atomic mass is 19.4. The van der Waals surface area contributed by atoms with Crippen LogP contribution in [-0.4, -0.2) is 18.0 Å². The summed E-state index contributed by atoms with van der Waals surface area (Å²) in [4.78, 5) is 13.6. The van der Waals surface area contributed by atoms with Crippen LogP contribution in [0, 0.1) is 5.92 Å². The molecule has 3 rings (SSSR count). The van der Waals surface area contributed by atoms with Gasteiger partial charge in [0, 0.05) is 18.8 Å². The van der Waals surface area contributed by atoms with Crippen LogP contribution in [0.1, 0.15) is 61.4 Å². The highest BCUT2D eigenvalue weighted by molar-refractivity contribution is 5.80. The van der Waals surface area contributed by atoms with Crippen LogP contribution in [0.3, 0.4) is 0 Å². The second-order valence-electron chi connectivity index (χ2n) is 10.0. The first-order valence-electron chi connectivity index (χ1n) is 12.8. The van der Waals surface area contributed by atoms with Gasteiger partial charge in [-0.15, -0.1) is 0 Å². The fourth-order valence-corrected chi connectivity index (χ4v) is 4.92. The molecular weight excluding hydrogens is 497 g/mol. The molecule has 38 heavy (non-hydrogen) atoms. The molecule has 0 spiro atoms. The molecule has 0 radical (unpaired) electrons. The van der Waals surface area contributed by atoms with E-state index in [1.165, 1.54) is 12.1 Å². The number of alkyl halides is 5. The van der Waals surface area contributed by atoms with E-state index in [4.69, 9.17) is 0 Å². The van der Waals surface area contributed by atoms with Crippen LogP contribution in [0.4, 0.5) is 22.0 Å². The predicted molar refractivity (Wildman–Crippen MR) is 140 cm³/mol. The van der Waals surface area contributed by atoms with Crippen molar-refractivity contribution in [2.75, 3.05) is 0 Å². The predicted octanol–water partition coefficient (Wildman–Crippen LogP) is 8.03. The second-order valence-corrected chi connectivity index (χ2v) is 10.0. The molecule has 0 aliphatic heterocycles. The third-order valence-electron chi connectivity index (χ3n) is 6.76. The van der Waals surface area contributed by atoms with Crippen molar-refractivity contribution in [2.45, 2.75) is 70.5 Å². The quantitative estimate of drug-likeness (QED) is 0.249. The Labute approximate surface area is 221 Å². The first kappa shape index (κ1) is 29.3. The average Bonchev–Trinajstić information content (AvgIpc) is 2.83. The molecule has 204 valence electrons. The van der Waals surface area contributed by atoms with Gasteiger partial charge >= 0.3 is 6.18 Å². The van der Waals surface area contributed by atoms with Crippen molar-refractivity contribution in [3.05, 3.63) is 107 Å². The van der Waals surface area contributed by atoms with Gasteiger partial charge in [-0.05, 0) is 47.6 Å². The van der Waals surface area contributed by atoms with E-state index in [-0.39, 0.29) is 23.8 Å². The van der Waals surface area contributed by atoms with Gasteiger partial charge in [0.15, 0.2) is 0 Å². The molecular formula is C31H34F5NO. The number of hydrogen-bond acceptors (Lipinski definition) is 1. The molecule has 0 bridgehead atoms. The topological polar surface area (TPSA) is 29.1 Å². The van der Waals surface area contributed by atoms with Gasteiger partial charge in [-0.25, -0.2) is 8.78 Å². The van der Waals surface area contributed by atoms with Crippen LogP contribution < -0.4 is 5.32 Å². The largest absolute Gasteiger partial charge is 0.393 e. The maximum atomic E-state index is 13.9. The number of rotatable bonds is 11. The van der Waals surface area contributed by atoms with Crippen molar-refractivity contribution in [1.29, 1.82) is 0 Å². The van der Waals surface area contributed by atoms with Crippen LogP contribution in [0.25, 0.3) is 0 Å². The fourth-order valence-electron chi connectivity index (χ4n) is 4.92. The maximum absolute atomic E-state index is 13.9. The highest BCUT2D eigenvalue weighted by Gasteiger charge is 2.39. The van der Waals surface area contributed by atoms with E-state index in [1.54, 1.807) is 36.4 Å². The Morgan fingerprint density at radius 1 is 0.711 bits per heavy atom. The third kappa shape index (κ3) is 7.89. The van der Waals surface area contributed by atoms with E-state index in [0.29, 0.717) is 29.5 Å². The Hall–Kier alpha value is -3.22. The van der Waals surface area contributed by atoms with Gasteiger partial charge in [-0.1, -0.05) is 92.7 Å². The molecule has 7 heteroatoms. The molecule has 3 aromatic carbocycles. The molecule has 0 aliphatic rings. The molecule has 1 amide bonds. The van der Waals surface area contributed by atoms with Crippen LogP contribution in [0.15, 0.2) is 78.9 Å². The Bertz CT molecular complexity index is 1140. The first-order valence-corrected chi connectivity index (χ1v) is 12.8. The molecule has 0 aliphatic carbocycles. The lowest BCUT2D eigenvalue weighted by Gasteiger charge is -2.38. The number of carbonyl (C=O) groups is 1. The van der Waals surface area contributed by atoms with Crippen LogP contribution in [0.5, 0.6) is 0 Å². The number of nitrogens with one attached hydrogen (secondary N) is 1. The SMILES string of the molecule is CCC(CC)C(=O)NC(Cc1ccccc1)(c1cccc(CC(C)(F)F)c1)c1cccc(CC(F)(F)F)c1. The molecule has 0 fully saturated rings. The minimum atomic E-state index is -4.41. The van der Waals surface area contributed by atoms with Crippen molar-refractivity contribution in [1.82, 2.24) is 5.32 Å². The van der Waals surface area contributed by atoms with Crippen molar-refractivity contribution in [2.24, 2.45) is 5.92 Å². The Balaban J connectivity index is 2.28. The van der Waals surface area contributed by atoms with Gasteiger partial charge in [0.05, 0.1) is 12.0 Å². The first-order chi connectivity index (χ1) is 17.8. The average molecular weight is 532 g/mol. The van der Waals surface area contributed by atoms with Crippen molar-refractivity contribution in [3.8, 4) is 0 Å². The normalized spacial score (nSPS) is 13.8. The van der Waals surface area contributed by atoms with Crippen molar-refractivity contribution >= 4 is 5.91 Å². The summed E-state index contributed by atoms with van der Waals surface area (Å²) in [6.07, 6.45) is -4.64. The molecule has 3 aromatic rings. The maximum Gasteiger partial charge on any atom is 0.393 e. The molecule has 0 heterocycles. The zero-order valence-electron chi connectivity index (χ0n) is 21.9. The molecule has 1 unspecified atom stereocenters. The van der Waals surface area contributed by atoms with E-state index in [0.717, 1.165) is 12.5 Å². The van der Waals surface area contributed by atoms with Gasteiger partial charge in [-0.3, -0.25) is 4.79 Å². The lowest BCUT2D eigenvalue weighted by molar-refractivity contribution is -0.128. The zero-order valence-corrected chi connectivity index (χ0v) is 21.9. The van der Waals surface area contributed by atoms with E-state index < -0.39 is 30.5 Å². The van der Waals surface area contributed by atoms with E-state index in [1.807, 2.05) is 44.2 Å². The fraction of sp³-hybridized carbons (Fsp3) is 0.387. The minimum absolute atomic E-state index is 0.0560. The molecule has 2 nitrogen and oxygen atoms in total. The number of amides is 1. The van der Waals surface area contributed by atoms with E-state index >= 15 is 0 Å². The molecule has 1 atom stereocenters. The number of benzene rings is 3. The summed E-state index contributed by atoms with van der Waals surface area (Å²) >= 11 is 0. The Kier molecular flexibility index (Phi) is 9.34. The van der Waals surface area contributed by atoms with E-state index in [2.05, 4.69) is 5.32 Å². The van der Waals surface area contributed by atoms with Gasteiger partial charge in [0.2, 0.25) is 11.8 Å². The summed E-state index contributed by atoms with van der Waals surface area (Å²) in [6.45, 7) is 4.65. The third-order valence-corrected chi connectivity index (χ3v) is 6.76.